The molecule has 18 heavy (non-hydrogen) atoms. The number of rotatable bonds is 6. The molecule has 1 unspecified atom stereocenters. The quantitative estimate of drug-likeness (QED) is 0.834. The van der Waals surface area contributed by atoms with Crippen molar-refractivity contribution in [1.29, 1.82) is 0 Å². The van der Waals surface area contributed by atoms with Gasteiger partial charge >= 0.3 is 5.76 Å². The van der Waals surface area contributed by atoms with E-state index in [4.69, 9.17) is 0 Å². The van der Waals surface area contributed by atoms with Crippen LogP contribution < -0.4 is 5.32 Å². The zero-order valence-corrected chi connectivity index (χ0v) is 10.6. The monoisotopic (exact) mass is 279 g/mol. The number of halogens is 2. The van der Waals surface area contributed by atoms with Crippen molar-refractivity contribution in [2.45, 2.75) is 30.1 Å². The van der Waals surface area contributed by atoms with Gasteiger partial charge in [-0.05, 0) is 30.7 Å². The van der Waals surface area contributed by atoms with Crippen LogP contribution >= 0.6 is 0 Å². The molecule has 0 bridgehead atoms. The van der Waals surface area contributed by atoms with Crippen molar-refractivity contribution in [3.8, 4) is 0 Å². The second-order valence-electron chi connectivity index (χ2n) is 3.77. The van der Waals surface area contributed by atoms with Gasteiger partial charge in [0.15, 0.2) is 0 Å². The summed E-state index contributed by atoms with van der Waals surface area (Å²) in [5, 5.41) is 12.2. The van der Waals surface area contributed by atoms with Crippen LogP contribution in [0.2, 0.25) is 0 Å². The summed E-state index contributed by atoms with van der Waals surface area (Å²) in [5.41, 5.74) is 0.565. The van der Waals surface area contributed by atoms with Crippen LogP contribution in [-0.4, -0.2) is 31.9 Å². The predicted molar refractivity (Wildman–Crippen MR) is 64.4 cm³/mol. The Hall–Kier alpha value is -1.21. The zero-order chi connectivity index (χ0) is 13.8. The normalized spacial score (nSPS) is 13.6. The van der Waals surface area contributed by atoms with E-state index in [0.717, 1.165) is 12.1 Å². The minimum Gasteiger partial charge on any atom is -0.391 e. The second kappa shape index (κ2) is 6.10. The van der Waals surface area contributed by atoms with Gasteiger partial charge in [-0.2, -0.15) is 8.78 Å². The molecule has 0 heterocycles. The van der Waals surface area contributed by atoms with Crippen LogP contribution in [0.5, 0.6) is 0 Å². The molecule has 0 saturated heterocycles. The molecule has 0 saturated carbocycles. The van der Waals surface area contributed by atoms with Crippen molar-refractivity contribution >= 4 is 15.5 Å². The van der Waals surface area contributed by atoms with E-state index in [1.54, 1.807) is 0 Å². The van der Waals surface area contributed by atoms with E-state index in [1.807, 2.05) is 6.92 Å². The summed E-state index contributed by atoms with van der Waals surface area (Å²) in [6, 6.07) is 5.00. The number of aliphatic hydroxyl groups is 1. The third-order valence-electron chi connectivity index (χ3n) is 2.43. The molecule has 0 amide bonds. The molecule has 102 valence electrons. The fourth-order valence-electron chi connectivity index (χ4n) is 1.25. The molecule has 1 rings (SSSR count). The Labute approximate surface area is 105 Å². The van der Waals surface area contributed by atoms with Crippen LogP contribution in [0.4, 0.5) is 14.5 Å². The summed E-state index contributed by atoms with van der Waals surface area (Å²) < 4.78 is 46.8. The van der Waals surface area contributed by atoms with Crippen LogP contribution in [0.25, 0.3) is 0 Å². The fourth-order valence-corrected chi connectivity index (χ4v) is 1.97. The predicted octanol–water partition coefficient (Wildman–Crippen LogP) is 1.87. The molecule has 0 aromatic heterocycles. The minimum atomic E-state index is -4.54. The van der Waals surface area contributed by atoms with Crippen molar-refractivity contribution in [2.75, 3.05) is 11.9 Å². The molecule has 0 radical (unpaired) electrons. The number of sulfone groups is 1. The average molecular weight is 279 g/mol. The van der Waals surface area contributed by atoms with Gasteiger partial charge < -0.3 is 10.4 Å². The lowest BCUT2D eigenvalue weighted by Gasteiger charge is -2.11. The maximum absolute atomic E-state index is 12.3. The lowest BCUT2D eigenvalue weighted by Crippen LogP contribution is -2.18. The minimum absolute atomic E-state index is 0.317. The first-order valence-electron chi connectivity index (χ1n) is 5.42. The van der Waals surface area contributed by atoms with Crippen LogP contribution in [0.3, 0.4) is 0 Å². The molecule has 0 aliphatic heterocycles. The number of hydrogen-bond donors (Lipinski definition) is 2. The van der Waals surface area contributed by atoms with Crippen LogP contribution in [0.1, 0.15) is 13.3 Å². The third-order valence-corrected chi connectivity index (χ3v) is 3.83. The first kappa shape index (κ1) is 14.8. The van der Waals surface area contributed by atoms with Gasteiger partial charge in [-0.1, -0.05) is 6.92 Å². The van der Waals surface area contributed by atoms with Gasteiger partial charge in [-0.15, -0.1) is 0 Å². The largest absolute Gasteiger partial charge is 0.391 e. The molecule has 1 aromatic rings. The number of hydrogen-bond acceptors (Lipinski definition) is 4. The van der Waals surface area contributed by atoms with E-state index in [1.165, 1.54) is 12.1 Å². The number of alkyl halides is 2. The molecule has 1 atom stereocenters. The van der Waals surface area contributed by atoms with Gasteiger partial charge in [-0.25, -0.2) is 8.42 Å². The maximum Gasteiger partial charge on any atom is 0.341 e. The molecule has 0 spiro atoms. The summed E-state index contributed by atoms with van der Waals surface area (Å²) in [7, 11) is -4.54. The molecule has 2 N–H and O–H groups in total. The van der Waals surface area contributed by atoms with Crippen molar-refractivity contribution in [3.63, 3.8) is 0 Å². The molecule has 7 heteroatoms. The van der Waals surface area contributed by atoms with E-state index in [-0.39, 0.29) is 0 Å². The van der Waals surface area contributed by atoms with Crippen molar-refractivity contribution < 1.29 is 22.3 Å². The first-order valence-corrected chi connectivity index (χ1v) is 6.96. The highest BCUT2D eigenvalue weighted by molar-refractivity contribution is 7.91. The Kier molecular flexibility index (Phi) is 5.03. The van der Waals surface area contributed by atoms with Gasteiger partial charge in [0.05, 0.1) is 11.0 Å². The lowest BCUT2D eigenvalue weighted by atomic mass is 10.2. The zero-order valence-electron chi connectivity index (χ0n) is 9.81. The molecule has 4 nitrogen and oxygen atoms in total. The number of anilines is 1. The van der Waals surface area contributed by atoms with Gasteiger partial charge in [-0.3, -0.25) is 0 Å². The molecule has 1 aromatic carbocycles. The van der Waals surface area contributed by atoms with Crippen molar-refractivity contribution in [2.24, 2.45) is 0 Å². The summed E-state index contributed by atoms with van der Waals surface area (Å²) in [6.07, 6.45) is 0.0830. The SMILES string of the molecule is CCC(O)CNc1ccc(S(=O)(=O)C(F)F)cc1. The topological polar surface area (TPSA) is 66.4 Å². The Morgan fingerprint density at radius 2 is 1.83 bits per heavy atom. The van der Waals surface area contributed by atoms with Crippen LogP contribution in [0, 0.1) is 0 Å². The number of nitrogens with one attached hydrogen (secondary N) is 1. The van der Waals surface area contributed by atoms with E-state index < -0.39 is 26.6 Å². The molecular formula is C11H15F2NO3S. The molecule has 0 aliphatic carbocycles. The van der Waals surface area contributed by atoms with Gasteiger partial charge in [0, 0.05) is 12.2 Å². The van der Waals surface area contributed by atoms with E-state index >= 15 is 0 Å². The maximum atomic E-state index is 12.3. The van der Waals surface area contributed by atoms with E-state index in [9.17, 15) is 22.3 Å². The molecular weight excluding hydrogens is 264 g/mol. The Bertz CT molecular complexity index is 474. The van der Waals surface area contributed by atoms with Crippen molar-refractivity contribution in [1.82, 2.24) is 0 Å². The summed E-state index contributed by atoms with van der Waals surface area (Å²) >= 11 is 0. The van der Waals surface area contributed by atoms with E-state index in [2.05, 4.69) is 5.32 Å². The first-order chi connectivity index (χ1) is 8.37. The smallest absolute Gasteiger partial charge is 0.341 e. The highest BCUT2D eigenvalue weighted by Crippen LogP contribution is 2.20. The fraction of sp³-hybridized carbons (Fsp3) is 0.455. The number of benzene rings is 1. The highest BCUT2D eigenvalue weighted by Gasteiger charge is 2.26. The summed E-state index contributed by atoms with van der Waals surface area (Å²) in [6.45, 7) is 2.14. The summed E-state index contributed by atoms with van der Waals surface area (Å²) in [4.78, 5) is -0.418. The Morgan fingerprint density at radius 3 is 2.28 bits per heavy atom. The van der Waals surface area contributed by atoms with Gasteiger partial charge in [0.25, 0.3) is 0 Å². The number of aliphatic hydroxyl groups excluding tert-OH is 1. The Balaban J connectivity index is 2.75. The third kappa shape index (κ3) is 3.64. The van der Waals surface area contributed by atoms with Gasteiger partial charge in [0.1, 0.15) is 0 Å². The van der Waals surface area contributed by atoms with Crippen molar-refractivity contribution in [3.05, 3.63) is 24.3 Å². The summed E-state index contributed by atoms with van der Waals surface area (Å²) in [5.74, 6) is -3.42. The Morgan fingerprint density at radius 1 is 1.28 bits per heavy atom. The van der Waals surface area contributed by atoms with E-state index in [0.29, 0.717) is 18.7 Å². The van der Waals surface area contributed by atoms with Crippen LogP contribution in [-0.2, 0) is 9.84 Å². The average Bonchev–Trinajstić information content (AvgIpc) is 2.36. The molecule has 0 fully saturated rings. The van der Waals surface area contributed by atoms with Gasteiger partial charge in [0.2, 0.25) is 9.84 Å². The highest BCUT2D eigenvalue weighted by atomic mass is 32.2. The second-order valence-corrected chi connectivity index (χ2v) is 5.69. The standard InChI is InChI=1S/C11H15F2NO3S/c1-2-9(15)7-14-8-3-5-10(6-4-8)18(16,17)11(12)13/h3-6,9,11,14-15H,2,7H2,1H3. The lowest BCUT2D eigenvalue weighted by molar-refractivity contribution is 0.183. The molecule has 0 aliphatic rings. The van der Waals surface area contributed by atoms with Crippen LogP contribution in [0.15, 0.2) is 29.2 Å².